The van der Waals surface area contributed by atoms with E-state index in [0.29, 0.717) is 12.0 Å². The van der Waals surface area contributed by atoms with Gasteiger partial charge in [-0.2, -0.15) is 0 Å². The van der Waals surface area contributed by atoms with Crippen molar-refractivity contribution in [3.8, 4) is 0 Å². The fraction of sp³-hybridized carbons (Fsp3) is 0.500. The lowest BCUT2D eigenvalue weighted by molar-refractivity contribution is 0.0145. The maximum absolute atomic E-state index is 13.2. The van der Waals surface area contributed by atoms with Crippen molar-refractivity contribution in [3.05, 3.63) is 34.4 Å². The molecule has 1 unspecified atom stereocenters. The third-order valence-corrected chi connectivity index (χ3v) is 2.89. The van der Waals surface area contributed by atoms with Crippen LogP contribution in [0, 0.1) is 11.6 Å². The van der Waals surface area contributed by atoms with Gasteiger partial charge in [-0.1, -0.05) is 11.6 Å². The average molecular weight is 300 g/mol. The molecule has 2 nitrogen and oxygen atoms in total. The van der Waals surface area contributed by atoms with Gasteiger partial charge in [0, 0.05) is 17.7 Å². The minimum absolute atomic E-state index is 0.0607. The van der Waals surface area contributed by atoms with Gasteiger partial charge in [0.1, 0.15) is 6.61 Å². The first-order valence-corrected chi connectivity index (χ1v) is 6.01. The van der Waals surface area contributed by atoms with Crippen LogP contribution in [0.2, 0.25) is 5.02 Å². The second kappa shape index (κ2) is 7.67. The van der Waals surface area contributed by atoms with Crippen LogP contribution in [-0.2, 0) is 4.74 Å². The molecule has 0 aliphatic carbocycles. The van der Waals surface area contributed by atoms with Crippen molar-refractivity contribution >= 4 is 11.6 Å². The largest absolute Gasteiger partial charge is 0.375 e. The fourth-order valence-electron chi connectivity index (χ4n) is 1.63. The molecule has 0 aromatic heterocycles. The van der Waals surface area contributed by atoms with E-state index < -0.39 is 30.7 Å². The summed E-state index contributed by atoms with van der Waals surface area (Å²) in [5.74, 6) is -2.04. The van der Waals surface area contributed by atoms with Gasteiger partial charge < -0.3 is 10.1 Å². The van der Waals surface area contributed by atoms with E-state index in [1.165, 1.54) is 0 Å². The first-order valence-electron chi connectivity index (χ1n) is 5.63. The van der Waals surface area contributed by atoms with E-state index >= 15 is 0 Å². The second-order valence-corrected chi connectivity index (χ2v) is 4.29. The van der Waals surface area contributed by atoms with E-state index in [2.05, 4.69) is 5.32 Å². The molecule has 7 heteroatoms. The average Bonchev–Trinajstić information content (AvgIpc) is 2.34. The van der Waals surface area contributed by atoms with Crippen molar-refractivity contribution in [2.24, 2.45) is 0 Å². The first kappa shape index (κ1) is 16.2. The Balaban J connectivity index is 2.67. The number of halogens is 5. The van der Waals surface area contributed by atoms with Gasteiger partial charge in [-0.25, -0.2) is 17.6 Å². The molecule has 0 radical (unpaired) electrons. The molecule has 0 fully saturated rings. The molecule has 1 rings (SSSR count). The fourth-order valence-corrected chi connectivity index (χ4v) is 1.92. The van der Waals surface area contributed by atoms with E-state index in [-0.39, 0.29) is 11.6 Å². The zero-order valence-corrected chi connectivity index (χ0v) is 11.0. The van der Waals surface area contributed by atoms with Crippen LogP contribution in [-0.4, -0.2) is 26.7 Å². The highest BCUT2D eigenvalue weighted by atomic mass is 35.5. The second-order valence-electron chi connectivity index (χ2n) is 3.88. The molecule has 19 heavy (non-hydrogen) atoms. The molecule has 1 aromatic rings. The molecule has 108 valence electrons. The Labute approximate surface area is 113 Å². The van der Waals surface area contributed by atoms with Crippen LogP contribution in [0.4, 0.5) is 17.6 Å². The van der Waals surface area contributed by atoms with E-state index in [0.717, 1.165) is 12.1 Å². The quantitative estimate of drug-likeness (QED) is 0.472. The molecule has 0 saturated heterocycles. The van der Waals surface area contributed by atoms with Crippen LogP contribution in [0.15, 0.2) is 12.1 Å². The molecule has 0 aliphatic rings. The van der Waals surface area contributed by atoms with Gasteiger partial charge in [0.05, 0.1) is 0 Å². The lowest BCUT2D eigenvalue weighted by atomic mass is 10.0. The smallest absolute Gasteiger partial charge is 0.261 e. The highest BCUT2D eigenvalue weighted by Crippen LogP contribution is 2.27. The minimum atomic E-state index is -2.53. The number of ether oxygens (including phenoxy) is 1. The summed E-state index contributed by atoms with van der Waals surface area (Å²) in [5.41, 5.74) is 0.365. The molecule has 0 heterocycles. The maximum Gasteiger partial charge on any atom is 0.261 e. The van der Waals surface area contributed by atoms with E-state index in [1.807, 2.05) is 0 Å². The molecule has 0 saturated carbocycles. The number of hydrogen-bond acceptors (Lipinski definition) is 2. The lowest BCUT2D eigenvalue weighted by Crippen LogP contribution is -2.20. The lowest BCUT2D eigenvalue weighted by Gasteiger charge is -2.18. The van der Waals surface area contributed by atoms with Crippen molar-refractivity contribution in [3.63, 3.8) is 0 Å². The minimum Gasteiger partial charge on any atom is -0.375 e. The van der Waals surface area contributed by atoms with E-state index in [1.54, 1.807) is 7.05 Å². The SMILES string of the molecule is CNC(CCOCC(F)F)c1cc(F)c(F)cc1Cl. The molecule has 0 bridgehead atoms. The summed E-state index contributed by atoms with van der Waals surface area (Å²) in [4.78, 5) is 0. The predicted octanol–water partition coefficient (Wildman–Crippen LogP) is 3.55. The summed E-state index contributed by atoms with van der Waals surface area (Å²) in [6.07, 6.45) is -2.21. The van der Waals surface area contributed by atoms with Crippen LogP contribution in [0.25, 0.3) is 0 Å². The highest BCUT2D eigenvalue weighted by Gasteiger charge is 2.16. The standard InChI is InChI=1S/C12H14ClF4NO/c1-18-11(2-3-19-6-12(16)17)7-4-9(14)10(15)5-8(7)13/h4-5,11-12,18H,2-3,6H2,1H3. The van der Waals surface area contributed by atoms with Gasteiger partial charge in [-0.15, -0.1) is 0 Å². The van der Waals surface area contributed by atoms with Crippen molar-refractivity contribution in [1.82, 2.24) is 5.32 Å². The van der Waals surface area contributed by atoms with Crippen molar-refractivity contribution < 1.29 is 22.3 Å². The normalized spacial score (nSPS) is 13.0. The Morgan fingerprint density at radius 3 is 2.47 bits per heavy atom. The van der Waals surface area contributed by atoms with E-state index in [9.17, 15) is 17.6 Å². The topological polar surface area (TPSA) is 21.3 Å². The third kappa shape index (κ3) is 4.97. The summed E-state index contributed by atoms with van der Waals surface area (Å²) < 4.78 is 54.6. The Morgan fingerprint density at radius 2 is 1.89 bits per heavy atom. The highest BCUT2D eigenvalue weighted by molar-refractivity contribution is 6.31. The van der Waals surface area contributed by atoms with Gasteiger partial charge >= 0.3 is 0 Å². The number of benzene rings is 1. The monoisotopic (exact) mass is 299 g/mol. The predicted molar refractivity (Wildman–Crippen MR) is 64.6 cm³/mol. The Kier molecular flexibility index (Phi) is 6.54. The first-order chi connectivity index (χ1) is 8.95. The zero-order valence-electron chi connectivity index (χ0n) is 10.2. The number of rotatable bonds is 7. The Morgan fingerprint density at radius 1 is 1.26 bits per heavy atom. The molecule has 1 N–H and O–H groups in total. The Bertz CT molecular complexity index is 417. The molecular formula is C12H14ClF4NO. The van der Waals surface area contributed by atoms with Crippen molar-refractivity contribution in [2.45, 2.75) is 18.9 Å². The summed E-state index contributed by atoms with van der Waals surface area (Å²) >= 11 is 5.83. The van der Waals surface area contributed by atoms with Gasteiger partial charge in [0.25, 0.3) is 6.43 Å². The molecule has 1 aromatic carbocycles. The van der Waals surface area contributed by atoms with Crippen molar-refractivity contribution in [2.75, 3.05) is 20.3 Å². The van der Waals surface area contributed by atoms with Crippen LogP contribution >= 0.6 is 11.6 Å². The van der Waals surface area contributed by atoms with Crippen LogP contribution in [0.5, 0.6) is 0 Å². The van der Waals surface area contributed by atoms with Crippen LogP contribution in [0.1, 0.15) is 18.0 Å². The number of alkyl halides is 2. The van der Waals surface area contributed by atoms with Gasteiger partial charge in [-0.3, -0.25) is 0 Å². The molecular weight excluding hydrogens is 286 g/mol. The molecule has 0 spiro atoms. The van der Waals surface area contributed by atoms with Crippen LogP contribution < -0.4 is 5.32 Å². The van der Waals surface area contributed by atoms with Gasteiger partial charge in [0.15, 0.2) is 11.6 Å². The summed E-state index contributed by atoms with van der Waals surface area (Å²) in [5, 5.41) is 2.93. The van der Waals surface area contributed by atoms with Gasteiger partial charge in [-0.05, 0) is 31.2 Å². The molecule has 1 atom stereocenters. The third-order valence-electron chi connectivity index (χ3n) is 2.56. The zero-order chi connectivity index (χ0) is 14.4. The van der Waals surface area contributed by atoms with Crippen molar-refractivity contribution in [1.29, 1.82) is 0 Å². The van der Waals surface area contributed by atoms with Crippen LogP contribution in [0.3, 0.4) is 0 Å². The molecule has 0 aliphatic heterocycles. The number of nitrogens with one attached hydrogen (secondary N) is 1. The summed E-state index contributed by atoms with van der Waals surface area (Å²) in [6, 6.07) is 1.47. The Hall–Kier alpha value is -0.850. The summed E-state index contributed by atoms with van der Waals surface area (Å²) in [6.45, 7) is -0.590. The number of hydrogen-bond donors (Lipinski definition) is 1. The van der Waals surface area contributed by atoms with E-state index in [4.69, 9.17) is 16.3 Å². The van der Waals surface area contributed by atoms with Gasteiger partial charge in [0.2, 0.25) is 0 Å². The summed E-state index contributed by atoms with van der Waals surface area (Å²) in [7, 11) is 1.61. The molecule has 0 amide bonds. The maximum atomic E-state index is 13.2.